The Morgan fingerprint density at radius 1 is 1.35 bits per heavy atom. The van der Waals surface area contributed by atoms with Crippen molar-refractivity contribution in [3.05, 3.63) is 39.0 Å². The van der Waals surface area contributed by atoms with Crippen molar-refractivity contribution in [1.82, 2.24) is 4.57 Å². The quantitative estimate of drug-likeness (QED) is 0.659. The Morgan fingerprint density at radius 3 is 2.43 bits per heavy atom. The number of hydrogen-bond donors (Lipinski definition) is 1. The summed E-state index contributed by atoms with van der Waals surface area (Å²) in [7, 11) is 0. The van der Waals surface area contributed by atoms with Crippen molar-refractivity contribution >= 4 is 40.3 Å². The van der Waals surface area contributed by atoms with Gasteiger partial charge in [-0.1, -0.05) is 11.6 Å². The molecule has 0 unspecified atom stereocenters. The van der Waals surface area contributed by atoms with Gasteiger partial charge in [-0.15, -0.1) is 0 Å². The molecular formula is C14H13ClN2O6. The molecule has 2 aromatic rings. The molecule has 9 heteroatoms. The Kier molecular flexibility index (Phi) is 4.04. The fourth-order valence-corrected chi connectivity index (χ4v) is 2.36. The number of rotatable bonds is 2. The molecule has 0 spiro atoms. The molecule has 0 aliphatic carbocycles. The number of non-ortho nitro benzene ring substituents is 1. The summed E-state index contributed by atoms with van der Waals surface area (Å²) in [6, 6.07) is 3.53. The summed E-state index contributed by atoms with van der Waals surface area (Å²) in [5, 5.41) is 20.0. The van der Waals surface area contributed by atoms with E-state index in [1.165, 1.54) is 6.07 Å². The Morgan fingerprint density at radius 2 is 1.96 bits per heavy atom. The Labute approximate surface area is 135 Å². The average molecular weight is 341 g/mol. The molecule has 1 aromatic carbocycles. The summed E-state index contributed by atoms with van der Waals surface area (Å²) in [6.07, 6.45) is -0.930. The van der Waals surface area contributed by atoms with Gasteiger partial charge in [0.2, 0.25) is 0 Å². The molecule has 0 aliphatic heterocycles. The topological polar surface area (TPSA) is 112 Å². The maximum Gasteiger partial charge on any atom is 0.419 e. The minimum atomic E-state index is -1.44. The molecule has 23 heavy (non-hydrogen) atoms. The third kappa shape index (κ3) is 3.11. The zero-order valence-corrected chi connectivity index (χ0v) is 13.2. The number of aromatic carboxylic acids is 1. The number of carboxylic acid groups (broad SMARTS) is 1. The molecule has 0 amide bonds. The molecule has 1 aromatic heterocycles. The largest absolute Gasteiger partial charge is 0.477 e. The van der Waals surface area contributed by atoms with E-state index in [2.05, 4.69) is 0 Å². The van der Waals surface area contributed by atoms with E-state index >= 15 is 0 Å². The fraction of sp³-hybridized carbons (Fsp3) is 0.286. The normalized spacial score (nSPS) is 11.5. The Bertz CT molecular complexity index is 834. The van der Waals surface area contributed by atoms with Gasteiger partial charge >= 0.3 is 12.1 Å². The van der Waals surface area contributed by atoms with E-state index in [4.69, 9.17) is 16.3 Å². The first kappa shape index (κ1) is 16.8. The monoisotopic (exact) mass is 340 g/mol. The molecule has 0 saturated carbocycles. The molecule has 0 bridgehead atoms. The second kappa shape index (κ2) is 5.54. The number of hydrogen-bond acceptors (Lipinski definition) is 5. The van der Waals surface area contributed by atoms with Crippen molar-refractivity contribution in [2.24, 2.45) is 0 Å². The zero-order chi connectivity index (χ0) is 17.5. The number of nitrogens with zero attached hydrogens (tertiary/aromatic N) is 2. The summed E-state index contributed by atoms with van der Waals surface area (Å²) in [4.78, 5) is 34.0. The number of halogens is 1. The van der Waals surface area contributed by atoms with Crippen LogP contribution in [0.2, 0.25) is 5.02 Å². The highest BCUT2D eigenvalue weighted by atomic mass is 35.5. The standard InChI is InChI=1S/C14H13ClN2O6/c1-14(2,3)23-13(20)16-9-5-4-7(17(21)22)6-8(9)10(15)11(16)12(18)19/h4-6H,1-3H3,(H,18,19). The minimum Gasteiger partial charge on any atom is -0.477 e. The Hall–Kier alpha value is -2.61. The van der Waals surface area contributed by atoms with Crippen LogP contribution in [0.25, 0.3) is 10.9 Å². The lowest BCUT2D eigenvalue weighted by molar-refractivity contribution is -0.384. The number of carbonyl (C=O) groups excluding carboxylic acids is 1. The number of carboxylic acids is 1. The Balaban J connectivity index is 2.76. The number of ether oxygens (including phenoxy) is 1. The molecule has 0 radical (unpaired) electrons. The maximum absolute atomic E-state index is 12.3. The molecule has 122 valence electrons. The molecule has 8 nitrogen and oxygen atoms in total. The van der Waals surface area contributed by atoms with Crippen LogP contribution in [0.1, 0.15) is 31.3 Å². The number of benzene rings is 1. The first-order valence-electron chi connectivity index (χ1n) is 6.48. The average Bonchev–Trinajstić information content (AvgIpc) is 2.69. The summed E-state index contributed by atoms with van der Waals surface area (Å²) in [6.45, 7) is 4.89. The van der Waals surface area contributed by atoms with Gasteiger partial charge in [-0.3, -0.25) is 10.1 Å². The molecule has 0 fully saturated rings. The van der Waals surface area contributed by atoms with Crippen LogP contribution in [0.3, 0.4) is 0 Å². The first-order chi connectivity index (χ1) is 10.5. The lowest BCUT2D eigenvalue weighted by Crippen LogP contribution is -2.28. The SMILES string of the molecule is CC(C)(C)OC(=O)n1c(C(=O)O)c(Cl)c2cc([N+](=O)[O-])ccc21. The van der Waals surface area contributed by atoms with E-state index in [9.17, 15) is 24.8 Å². The second-order valence-corrected chi connectivity index (χ2v) is 6.12. The van der Waals surface area contributed by atoms with Crippen LogP contribution in [0.15, 0.2) is 18.2 Å². The van der Waals surface area contributed by atoms with Crippen LogP contribution < -0.4 is 0 Å². The number of carbonyl (C=O) groups is 2. The van der Waals surface area contributed by atoms with Gasteiger partial charge in [-0.2, -0.15) is 0 Å². The molecule has 0 saturated heterocycles. The van der Waals surface area contributed by atoms with E-state index in [-0.39, 0.29) is 21.6 Å². The fourth-order valence-electron chi connectivity index (χ4n) is 2.04. The lowest BCUT2D eigenvalue weighted by Gasteiger charge is -2.20. The first-order valence-corrected chi connectivity index (χ1v) is 6.85. The third-order valence-electron chi connectivity index (χ3n) is 2.88. The van der Waals surface area contributed by atoms with Gasteiger partial charge in [0.1, 0.15) is 5.60 Å². The predicted molar refractivity (Wildman–Crippen MR) is 82.2 cm³/mol. The van der Waals surface area contributed by atoms with Crippen molar-refractivity contribution in [2.45, 2.75) is 26.4 Å². The minimum absolute atomic E-state index is 0.0872. The van der Waals surface area contributed by atoms with E-state index < -0.39 is 28.3 Å². The van der Waals surface area contributed by atoms with Gasteiger partial charge in [0, 0.05) is 17.5 Å². The highest BCUT2D eigenvalue weighted by Crippen LogP contribution is 2.34. The van der Waals surface area contributed by atoms with Crippen molar-refractivity contribution in [2.75, 3.05) is 0 Å². The van der Waals surface area contributed by atoms with Crippen molar-refractivity contribution in [1.29, 1.82) is 0 Å². The van der Waals surface area contributed by atoms with E-state index in [1.54, 1.807) is 20.8 Å². The number of nitro benzene ring substituents is 1. The van der Waals surface area contributed by atoms with Gasteiger partial charge in [-0.05, 0) is 26.8 Å². The van der Waals surface area contributed by atoms with E-state index in [1.807, 2.05) is 0 Å². The smallest absolute Gasteiger partial charge is 0.419 e. The summed E-state index contributed by atoms with van der Waals surface area (Å²) < 4.78 is 5.98. The molecule has 0 atom stereocenters. The number of aromatic nitrogens is 1. The zero-order valence-electron chi connectivity index (χ0n) is 12.5. The van der Waals surface area contributed by atoms with Crippen molar-refractivity contribution < 1.29 is 24.4 Å². The molecule has 2 rings (SSSR count). The highest BCUT2D eigenvalue weighted by Gasteiger charge is 2.29. The molecule has 1 heterocycles. The van der Waals surface area contributed by atoms with Crippen LogP contribution in [0, 0.1) is 10.1 Å². The third-order valence-corrected chi connectivity index (χ3v) is 3.26. The van der Waals surface area contributed by atoms with E-state index in [0.717, 1.165) is 16.7 Å². The molecule has 1 N–H and O–H groups in total. The van der Waals surface area contributed by atoms with Crippen LogP contribution in [0.5, 0.6) is 0 Å². The number of nitro groups is 1. The number of fused-ring (bicyclic) bond motifs is 1. The predicted octanol–water partition coefficient (Wildman–Crippen LogP) is 3.68. The van der Waals surface area contributed by atoms with Gasteiger partial charge in [-0.25, -0.2) is 14.2 Å². The van der Waals surface area contributed by atoms with Crippen LogP contribution in [-0.4, -0.2) is 32.3 Å². The summed E-state index contributed by atoms with van der Waals surface area (Å²) in [5.74, 6) is -1.44. The lowest BCUT2D eigenvalue weighted by atomic mass is 10.2. The van der Waals surface area contributed by atoms with Gasteiger partial charge in [0.25, 0.3) is 5.69 Å². The maximum atomic E-state index is 12.3. The highest BCUT2D eigenvalue weighted by molar-refractivity contribution is 6.39. The summed E-state index contributed by atoms with van der Waals surface area (Å²) in [5.41, 5.74) is -1.50. The van der Waals surface area contributed by atoms with Crippen molar-refractivity contribution in [3.8, 4) is 0 Å². The van der Waals surface area contributed by atoms with Crippen LogP contribution in [-0.2, 0) is 4.74 Å². The van der Waals surface area contributed by atoms with Crippen LogP contribution in [0.4, 0.5) is 10.5 Å². The van der Waals surface area contributed by atoms with Crippen molar-refractivity contribution in [3.63, 3.8) is 0 Å². The van der Waals surface area contributed by atoms with Gasteiger partial charge in [0.05, 0.1) is 15.5 Å². The van der Waals surface area contributed by atoms with E-state index in [0.29, 0.717) is 0 Å². The van der Waals surface area contributed by atoms with Gasteiger partial charge < -0.3 is 9.84 Å². The molecule has 0 aliphatic rings. The van der Waals surface area contributed by atoms with Crippen LogP contribution >= 0.6 is 11.6 Å². The second-order valence-electron chi connectivity index (χ2n) is 5.74. The summed E-state index contributed by atoms with van der Waals surface area (Å²) >= 11 is 6.02. The van der Waals surface area contributed by atoms with Gasteiger partial charge in [0.15, 0.2) is 5.69 Å². The molecular weight excluding hydrogens is 328 g/mol.